The maximum absolute atomic E-state index is 12.0. The van der Waals surface area contributed by atoms with E-state index in [1.807, 2.05) is 6.07 Å². The van der Waals surface area contributed by atoms with E-state index in [9.17, 15) is 13.2 Å². The number of nitrogens with one attached hydrogen (secondary N) is 1. The lowest BCUT2D eigenvalue weighted by molar-refractivity contribution is -0.122. The van der Waals surface area contributed by atoms with E-state index in [0.717, 1.165) is 30.6 Å². The van der Waals surface area contributed by atoms with Crippen molar-refractivity contribution in [1.29, 1.82) is 0 Å². The van der Waals surface area contributed by atoms with Crippen LogP contribution in [0.4, 0.5) is 0 Å². The summed E-state index contributed by atoms with van der Waals surface area (Å²) in [5, 5.41) is 2.73. The summed E-state index contributed by atoms with van der Waals surface area (Å²) in [6.45, 7) is 2.56. The van der Waals surface area contributed by atoms with E-state index in [1.165, 1.54) is 12.8 Å². The number of carbonyl (C=O) groups excluding carboxylic acids is 1. The van der Waals surface area contributed by atoms with Crippen LogP contribution in [0, 0.1) is 5.92 Å². The minimum atomic E-state index is -3.13. The number of sulfone groups is 1. The van der Waals surface area contributed by atoms with E-state index in [0.29, 0.717) is 12.4 Å². The fourth-order valence-corrected chi connectivity index (χ4v) is 3.62. The topological polar surface area (TPSA) is 111 Å². The molecule has 0 aliphatic heterocycles. The summed E-state index contributed by atoms with van der Waals surface area (Å²) >= 11 is 0. The highest BCUT2D eigenvalue weighted by Crippen LogP contribution is 2.26. The largest absolute Gasteiger partial charge is 0.474 e. The van der Waals surface area contributed by atoms with Gasteiger partial charge in [-0.3, -0.25) is 4.79 Å². The van der Waals surface area contributed by atoms with Crippen molar-refractivity contribution in [3.05, 3.63) is 23.9 Å². The van der Waals surface area contributed by atoms with Crippen LogP contribution in [0.3, 0.4) is 0 Å². The van der Waals surface area contributed by atoms with Crippen LogP contribution in [0.15, 0.2) is 18.3 Å². The van der Waals surface area contributed by atoms with Crippen LogP contribution in [0.2, 0.25) is 0 Å². The standard InChI is InChI=1S/C18H29N3O4S.ClH/c1-13-3-5-15(6-4-13)25-17-11-14(7-9-20-17)12-21-18(22)16(19)8-10-26(2,23)24;/h7,9,11,13,15-16H,3-6,8,10,12,19H2,1-2H3,(H,21,22);1H. The van der Waals surface area contributed by atoms with Crippen molar-refractivity contribution in [3.63, 3.8) is 0 Å². The lowest BCUT2D eigenvalue weighted by atomic mass is 9.89. The number of pyridine rings is 1. The van der Waals surface area contributed by atoms with Crippen molar-refractivity contribution in [2.24, 2.45) is 11.7 Å². The van der Waals surface area contributed by atoms with Gasteiger partial charge in [0.1, 0.15) is 15.9 Å². The molecule has 1 aromatic rings. The molecular weight excluding hydrogens is 390 g/mol. The van der Waals surface area contributed by atoms with Gasteiger partial charge in [-0.1, -0.05) is 6.92 Å². The summed E-state index contributed by atoms with van der Waals surface area (Å²) in [6.07, 6.45) is 7.52. The van der Waals surface area contributed by atoms with Crippen molar-refractivity contribution in [3.8, 4) is 5.88 Å². The van der Waals surface area contributed by atoms with Gasteiger partial charge in [-0.15, -0.1) is 12.4 Å². The van der Waals surface area contributed by atoms with Crippen molar-refractivity contribution in [2.45, 2.75) is 57.7 Å². The Morgan fingerprint density at radius 1 is 1.37 bits per heavy atom. The van der Waals surface area contributed by atoms with Gasteiger partial charge in [0.05, 0.1) is 11.8 Å². The molecule has 1 aliphatic rings. The first-order valence-corrected chi connectivity index (χ1v) is 11.1. The molecule has 7 nitrogen and oxygen atoms in total. The molecule has 0 aromatic carbocycles. The third-order valence-electron chi connectivity index (χ3n) is 4.65. The highest BCUT2D eigenvalue weighted by molar-refractivity contribution is 7.90. The van der Waals surface area contributed by atoms with E-state index >= 15 is 0 Å². The summed E-state index contributed by atoms with van der Waals surface area (Å²) in [4.78, 5) is 16.2. The number of amides is 1. The predicted octanol–water partition coefficient (Wildman–Crippen LogP) is 1.84. The van der Waals surface area contributed by atoms with E-state index in [-0.39, 0.29) is 36.6 Å². The van der Waals surface area contributed by atoms with Gasteiger partial charge in [0.2, 0.25) is 11.8 Å². The molecule has 1 saturated carbocycles. The minimum Gasteiger partial charge on any atom is -0.474 e. The molecule has 0 bridgehead atoms. The zero-order chi connectivity index (χ0) is 19.2. The van der Waals surface area contributed by atoms with Gasteiger partial charge in [0, 0.05) is 25.1 Å². The third-order valence-corrected chi connectivity index (χ3v) is 5.63. The molecule has 1 aromatic heterocycles. The second-order valence-electron chi connectivity index (χ2n) is 7.24. The summed E-state index contributed by atoms with van der Waals surface area (Å²) in [7, 11) is -3.13. The number of nitrogens with two attached hydrogens (primary N) is 1. The van der Waals surface area contributed by atoms with E-state index in [1.54, 1.807) is 12.3 Å². The van der Waals surface area contributed by atoms with Crippen LogP contribution >= 0.6 is 12.4 Å². The van der Waals surface area contributed by atoms with Crippen molar-refractivity contribution in [1.82, 2.24) is 10.3 Å². The Kier molecular flexibility index (Phi) is 9.49. The Hall–Kier alpha value is -1.38. The van der Waals surface area contributed by atoms with Gasteiger partial charge in [-0.2, -0.15) is 0 Å². The van der Waals surface area contributed by atoms with Gasteiger partial charge in [0.15, 0.2) is 0 Å². The molecule has 1 atom stereocenters. The smallest absolute Gasteiger partial charge is 0.237 e. The molecular formula is C18H30ClN3O4S. The first-order chi connectivity index (χ1) is 12.2. The van der Waals surface area contributed by atoms with Crippen LogP contribution < -0.4 is 15.8 Å². The van der Waals surface area contributed by atoms with E-state index in [2.05, 4.69) is 17.2 Å². The molecule has 1 unspecified atom stereocenters. The van der Waals surface area contributed by atoms with Gasteiger partial charge >= 0.3 is 0 Å². The molecule has 2 rings (SSSR count). The van der Waals surface area contributed by atoms with Crippen LogP contribution in [0.5, 0.6) is 5.88 Å². The molecule has 1 heterocycles. The Morgan fingerprint density at radius 2 is 2.04 bits per heavy atom. The van der Waals surface area contributed by atoms with Crippen molar-refractivity contribution >= 4 is 28.2 Å². The lowest BCUT2D eigenvalue weighted by Crippen LogP contribution is -2.41. The normalized spacial score (nSPS) is 21.0. The molecule has 1 fully saturated rings. The number of nitrogens with zero attached hydrogens (tertiary/aromatic N) is 1. The minimum absolute atomic E-state index is 0. The summed E-state index contributed by atoms with van der Waals surface area (Å²) < 4.78 is 28.3. The first kappa shape index (κ1) is 23.7. The lowest BCUT2D eigenvalue weighted by Gasteiger charge is -2.26. The SMILES string of the molecule is CC1CCC(Oc2cc(CNC(=O)C(N)CCS(C)(=O)=O)ccn2)CC1.Cl. The van der Waals surface area contributed by atoms with Crippen LogP contribution in [0.25, 0.3) is 0 Å². The summed E-state index contributed by atoms with van der Waals surface area (Å²) in [5.74, 6) is 0.859. The number of hydrogen-bond acceptors (Lipinski definition) is 6. The van der Waals surface area contributed by atoms with Crippen molar-refractivity contribution in [2.75, 3.05) is 12.0 Å². The second-order valence-corrected chi connectivity index (χ2v) is 9.50. The average Bonchev–Trinajstić information content (AvgIpc) is 2.59. The number of halogens is 1. The Balaban J connectivity index is 0.00000364. The van der Waals surface area contributed by atoms with Gasteiger partial charge in [-0.25, -0.2) is 13.4 Å². The van der Waals surface area contributed by atoms with Crippen LogP contribution in [-0.2, 0) is 21.2 Å². The Morgan fingerprint density at radius 3 is 2.67 bits per heavy atom. The third kappa shape index (κ3) is 8.90. The highest BCUT2D eigenvalue weighted by atomic mass is 35.5. The number of hydrogen-bond donors (Lipinski definition) is 2. The monoisotopic (exact) mass is 419 g/mol. The summed E-state index contributed by atoms with van der Waals surface area (Å²) in [5.41, 5.74) is 6.60. The zero-order valence-electron chi connectivity index (χ0n) is 15.9. The predicted molar refractivity (Wildman–Crippen MR) is 108 cm³/mol. The molecule has 1 aliphatic carbocycles. The van der Waals surface area contributed by atoms with Gasteiger partial charge < -0.3 is 15.8 Å². The number of aromatic nitrogens is 1. The zero-order valence-corrected chi connectivity index (χ0v) is 17.5. The highest BCUT2D eigenvalue weighted by Gasteiger charge is 2.20. The fraction of sp³-hybridized carbons (Fsp3) is 0.667. The maximum Gasteiger partial charge on any atom is 0.237 e. The molecule has 3 N–H and O–H groups in total. The first-order valence-electron chi connectivity index (χ1n) is 9.05. The van der Waals surface area contributed by atoms with E-state index < -0.39 is 15.9 Å². The molecule has 27 heavy (non-hydrogen) atoms. The van der Waals surface area contributed by atoms with Gasteiger partial charge in [0.25, 0.3) is 0 Å². The fourth-order valence-electron chi connectivity index (χ4n) is 2.94. The molecule has 0 spiro atoms. The van der Waals surface area contributed by atoms with Gasteiger partial charge in [-0.05, 0) is 49.7 Å². The maximum atomic E-state index is 12.0. The molecule has 154 valence electrons. The number of ether oxygens (including phenoxy) is 1. The Bertz CT molecular complexity index is 706. The molecule has 0 radical (unpaired) electrons. The van der Waals surface area contributed by atoms with Crippen LogP contribution in [0.1, 0.15) is 44.6 Å². The second kappa shape index (κ2) is 10.8. The molecule has 1 amide bonds. The Labute approximate surface area is 167 Å². The number of rotatable bonds is 8. The molecule has 9 heteroatoms. The molecule has 0 saturated heterocycles. The quantitative estimate of drug-likeness (QED) is 0.664. The van der Waals surface area contributed by atoms with E-state index in [4.69, 9.17) is 10.5 Å². The van der Waals surface area contributed by atoms with Crippen molar-refractivity contribution < 1.29 is 17.9 Å². The summed E-state index contributed by atoms with van der Waals surface area (Å²) in [6, 6.07) is 2.78. The number of carbonyl (C=O) groups is 1. The average molecular weight is 420 g/mol. The van der Waals surface area contributed by atoms with Crippen LogP contribution in [-0.4, -0.2) is 43.5 Å².